The summed E-state index contributed by atoms with van der Waals surface area (Å²) in [6.45, 7) is 1.31. The van der Waals surface area contributed by atoms with Crippen LogP contribution in [-0.2, 0) is 14.8 Å². The molecule has 0 fully saturated rings. The van der Waals surface area contributed by atoms with Gasteiger partial charge in [-0.1, -0.05) is 24.3 Å². The normalized spacial score (nSPS) is 10.6. The highest BCUT2D eigenvalue weighted by Gasteiger charge is 2.16. The fourth-order valence-corrected chi connectivity index (χ4v) is 3.57. The van der Waals surface area contributed by atoms with E-state index in [0.29, 0.717) is 22.7 Å². The largest absolute Gasteiger partial charge is 0.326 e. The molecule has 0 spiro atoms. The van der Waals surface area contributed by atoms with Crippen LogP contribution in [0.25, 0.3) is 0 Å². The Bertz CT molecular complexity index is 1330. The van der Waals surface area contributed by atoms with Crippen molar-refractivity contribution in [1.29, 1.82) is 0 Å². The number of sulfonamides is 1. The highest BCUT2D eigenvalue weighted by molar-refractivity contribution is 7.92. The Morgan fingerprint density at radius 2 is 1.26 bits per heavy atom. The second-order valence-corrected chi connectivity index (χ2v) is 9.04. The van der Waals surface area contributed by atoms with Crippen LogP contribution in [0.3, 0.4) is 0 Å². The molecule has 4 amide bonds. The summed E-state index contributed by atoms with van der Waals surface area (Å²) in [5.74, 6) is -0.966. The minimum Gasteiger partial charge on any atom is -0.326 e. The second kappa shape index (κ2) is 10.5. The van der Waals surface area contributed by atoms with E-state index < -0.39 is 22.0 Å². The highest BCUT2D eigenvalue weighted by Crippen LogP contribution is 2.24. The van der Waals surface area contributed by atoms with Gasteiger partial charge in [0.25, 0.3) is 5.91 Å². The molecule has 0 aliphatic carbocycles. The van der Waals surface area contributed by atoms with E-state index in [0.717, 1.165) is 6.26 Å². The standard InChI is InChI=1S/C23H23N5O5S/c1-15(29)24-19-11-12-21(28-34(2,32)33)20(14-19)22(30)25-17-9-6-10-18(13-17)27-23(31)26-16-7-4-3-5-8-16/h3-14,28H,1-2H3,(H,24,29)(H,25,30)(H2,26,27,31). The van der Waals surface area contributed by atoms with Crippen molar-refractivity contribution in [2.75, 3.05) is 32.2 Å². The first-order valence-corrected chi connectivity index (χ1v) is 11.9. The maximum atomic E-state index is 13.0. The van der Waals surface area contributed by atoms with E-state index in [2.05, 4.69) is 26.0 Å². The fourth-order valence-electron chi connectivity index (χ4n) is 2.99. The summed E-state index contributed by atoms with van der Waals surface area (Å²) in [6, 6.07) is 19.1. The first-order chi connectivity index (χ1) is 16.1. The molecule has 0 saturated heterocycles. The number of hydrogen-bond acceptors (Lipinski definition) is 5. The molecule has 5 N–H and O–H groups in total. The number of para-hydroxylation sites is 1. The number of carbonyl (C=O) groups is 3. The van der Waals surface area contributed by atoms with Gasteiger partial charge >= 0.3 is 6.03 Å². The Balaban J connectivity index is 1.78. The van der Waals surface area contributed by atoms with E-state index >= 15 is 0 Å². The molecular weight excluding hydrogens is 458 g/mol. The lowest BCUT2D eigenvalue weighted by Crippen LogP contribution is -2.20. The Labute approximate surface area is 196 Å². The molecule has 0 bridgehead atoms. The number of carbonyl (C=O) groups excluding carboxylic acids is 3. The zero-order chi connectivity index (χ0) is 24.7. The van der Waals surface area contributed by atoms with Crippen molar-refractivity contribution >= 4 is 56.3 Å². The molecule has 0 unspecified atom stereocenters. The smallest absolute Gasteiger partial charge is 0.323 e. The predicted molar refractivity (Wildman–Crippen MR) is 133 cm³/mol. The van der Waals surface area contributed by atoms with Crippen molar-refractivity contribution in [3.8, 4) is 0 Å². The summed E-state index contributed by atoms with van der Waals surface area (Å²) in [5, 5.41) is 10.6. The van der Waals surface area contributed by atoms with Gasteiger partial charge in [0.1, 0.15) is 0 Å². The third kappa shape index (κ3) is 7.35. The summed E-state index contributed by atoms with van der Waals surface area (Å²) in [6.07, 6.45) is 0.964. The van der Waals surface area contributed by atoms with Crippen LogP contribution >= 0.6 is 0 Å². The van der Waals surface area contributed by atoms with E-state index in [9.17, 15) is 22.8 Å². The molecule has 10 nitrogen and oxygen atoms in total. The van der Waals surface area contributed by atoms with Crippen LogP contribution < -0.4 is 26.0 Å². The van der Waals surface area contributed by atoms with Crippen molar-refractivity contribution in [2.45, 2.75) is 6.92 Å². The second-order valence-electron chi connectivity index (χ2n) is 7.30. The van der Waals surface area contributed by atoms with Crippen molar-refractivity contribution in [3.63, 3.8) is 0 Å². The van der Waals surface area contributed by atoms with Crippen LogP contribution in [0.5, 0.6) is 0 Å². The lowest BCUT2D eigenvalue weighted by Gasteiger charge is -2.14. The Morgan fingerprint density at radius 3 is 1.91 bits per heavy atom. The molecule has 176 valence electrons. The van der Waals surface area contributed by atoms with Gasteiger partial charge in [-0.25, -0.2) is 13.2 Å². The topological polar surface area (TPSA) is 146 Å². The van der Waals surface area contributed by atoms with Crippen LogP contribution in [-0.4, -0.2) is 32.5 Å². The number of nitrogens with one attached hydrogen (secondary N) is 5. The summed E-state index contributed by atoms with van der Waals surface area (Å²) in [4.78, 5) is 36.6. The minimum absolute atomic E-state index is 0.00291. The van der Waals surface area contributed by atoms with Gasteiger partial charge in [0.15, 0.2) is 0 Å². The minimum atomic E-state index is -3.66. The first kappa shape index (κ1) is 24.3. The third-order valence-electron chi connectivity index (χ3n) is 4.29. The maximum Gasteiger partial charge on any atom is 0.323 e. The lowest BCUT2D eigenvalue weighted by atomic mass is 10.1. The van der Waals surface area contributed by atoms with Gasteiger partial charge in [0, 0.05) is 29.7 Å². The molecule has 0 atom stereocenters. The van der Waals surface area contributed by atoms with Gasteiger partial charge in [-0.05, 0) is 48.5 Å². The third-order valence-corrected chi connectivity index (χ3v) is 4.88. The van der Waals surface area contributed by atoms with E-state index in [-0.39, 0.29) is 17.2 Å². The molecule has 0 saturated carbocycles. The number of amides is 4. The molecule has 0 radical (unpaired) electrons. The van der Waals surface area contributed by atoms with Crippen molar-refractivity contribution in [2.24, 2.45) is 0 Å². The zero-order valence-electron chi connectivity index (χ0n) is 18.4. The molecular formula is C23H23N5O5S. The molecule has 3 aromatic rings. The predicted octanol–water partition coefficient (Wildman–Crippen LogP) is 3.91. The molecule has 3 aromatic carbocycles. The summed E-state index contributed by atoms with van der Waals surface area (Å²) >= 11 is 0. The van der Waals surface area contributed by atoms with E-state index in [1.54, 1.807) is 48.5 Å². The quantitative estimate of drug-likeness (QED) is 0.347. The summed E-state index contributed by atoms with van der Waals surface area (Å²) in [5.41, 5.74) is 1.77. The molecule has 0 aromatic heterocycles. The number of benzene rings is 3. The number of urea groups is 1. The SMILES string of the molecule is CC(=O)Nc1ccc(NS(C)(=O)=O)c(C(=O)Nc2cccc(NC(=O)Nc3ccccc3)c2)c1. The molecule has 3 rings (SSSR count). The average Bonchev–Trinajstić information content (AvgIpc) is 2.74. The van der Waals surface area contributed by atoms with Crippen molar-refractivity contribution in [1.82, 2.24) is 0 Å². The zero-order valence-corrected chi connectivity index (χ0v) is 19.2. The van der Waals surface area contributed by atoms with Crippen LogP contribution in [0.4, 0.5) is 33.2 Å². The van der Waals surface area contributed by atoms with E-state index in [1.165, 1.54) is 25.1 Å². The molecule has 0 aliphatic heterocycles. The summed E-state index contributed by atoms with van der Waals surface area (Å²) in [7, 11) is -3.66. The van der Waals surface area contributed by atoms with Crippen molar-refractivity contribution < 1.29 is 22.8 Å². The van der Waals surface area contributed by atoms with Crippen molar-refractivity contribution in [3.05, 3.63) is 78.4 Å². The van der Waals surface area contributed by atoms with Gasteiger partial charge < -0.3 is 21.3 Å². The van der Waals surface area contributed by atoms with Gasteiger partial charge in [-0.3, -0.25) is 14.3 Å². The Kier molecular flexibility index (Phi) is 7.49. The van der Waals surface area contributed by atoms with Crippen LogP contribution in [0.15, 0.2) is 72.8 Å². The lowest BCUT2D eigenvalue weighted by molar-refractivity contribution is -0.114. The summed E-state index contributed by atoms with van der Waals surface area (Å²) < 4.78 is 25.7. The van der Waals surface area contributed by atoms with Gasteiger partial charge in [-0.2, -0.15) is 0 Å². The maximum absolute atomic E-state index is 13.0. The van der Waals surface area contributed by atoms with E-state index in [4.69, 9.17) is 0 Å². The Hall–Kier alpha value is -4.38. The number of anilines is 5. The number of rotatable bonds is 7. The van der Waals surface area contributed by atoms with Gasteiger partial charge in [0.2, 0.25) is 15.9 Å². The van der Waals surface area contributed by atoms with Crippen LogP contribution in [0, 0.1) is 0 Å². The average molecular weight is 482 g/mol. The molecule has 34 heavy (non-hydrogen) atoms. The van der Waals surface area contributed by atoms with E-state index in [1.807, 2.05) is 6.07 Å². The van der Waals surface area contributed by atoms with Gasteiger partial charge in [0.05, 0.1) is 17.5 Å². The molecule has 11 heteroatoms. The van der Waals surface area contributed by atoms with Crippen LogP contribution in [0.2, 0.25) is 0 Å². The van der Waals surface area contributed by atoms with Gasteiger partial charge in [-0.15, -0.1) is 0 Å². The Morgan fingerprint density at radius 1 is 0.676 bits per heavy atom. The highest BCUT2D eigenvalue weighted by atomic mass is 32.2. The number of hydrogen-bond donors (Lipinski definition) is 5. The molecule has 0 heterocycles. The monoisotopic (exact) mass is 481 g/mol. The van der Waals surface area contributed by atoms with Crippen LogP contribution in [0.1, 0.15) is 17.3 Å². The molecule has 0 aliphatic rings. The first-order valence-electron chi connectivity index (χ1n) is 10.0. The fraction of sp³-hybridized carbons (Fsp3) is 0.0870.